The fourth-order valence-electron chi connectivity index (χ4n) is 2.39. The fourth-order valence-corrected chi connectivity index (χ4v) is 4.63. The van der Waals surface area contributed by atoms with Crippen molar-refractivity contribution in [2.24, 2.45) is 0 Å². The van der Waals surface area contributed by atoms with Gasteiger partial charge in [0.05, 0.1) is 16.2 Å². The number of benzene rings is 1. The molecule has 0 aliphatic rings. The molecule has 10 heteroatoms. The summed E-state index contributed by atoms with van der Waals surface area (Å²) >= 11 is 1.30. The molecule has 1 aromatic heterocycles. The van der Waals surface area contributed by atoms with Gasteiger partial charge in [0.25, 0.3) is 0 Å². The maximum Gasteiger partial charge on any atom is 0.338 e. The first kappa shape index (κ1) is 23.0. The zero-order valence-electron chi connectivity index (χ0n) is 16.8. The van der Waals surface area contributed by atoms with E-state index in [4.69, 9.17) is 4.74 Å². The number of rotatable bonds is 9. The summed E-state index contributed by atoms with van der Waals surface area (Å²) in [6.07, 6.45) is 0.671. The number of nitrogens with one attached hydrogen (secondary N) is 1. The molecule has 0 bridgehead atoms. The van der Waals surface area contributed by atoms with Crippen LogP contribution in [0.15, 0.2) is 34.5 Å². The number of amides is 1. The van der Waals surface area contributed by atoms with Crippen LogP contribution < -0.4 is 9.62 Å². The van der Waals surface area contributed by atoms with Gasteiger partial charge in [-0.2, -0.15) is 0 Å². The number of ether oxygens (including phenoxy) is 1. The molecule has 0 aliphatic carbocycles. The third-order valence-electron chi connectivity index (χ3n) is 4.19. The number of nitrogens with zero attached hydrogens (tertiary/aromatic N) is 2. The molecule has 2 rings (SSSR count). The summed E-state index contributed by atoms with van der Waals surface area (Å²) in [6, 6.07) is 5.38. The number of sulfonamides is 1. The number of thiazole rings is 1. The predicted octanol–water partition coefficient (Wildman–Crippen LogP) is 2.95. The van der Waals surface area contributed by atoms with Gasteiger partial charge in [0.2, 0.25) is 15.9 Å². The second kappa shape index (κ2) is 9.95. The summed E-state index contributed by atoms with van der Waals surface area (Å²) < 4.78 is 32.3. The van der Waals surface area contributed by atoms with Gasteiger partial charge in [-0.25, -0.2) is 22.9 Å². The van der Waals surface area contributed by atoms with Gasteiger partial charge in [0.1, 0.15) is 6.61 Å². The minimum Gasteiger partial charge on any atom is -0.456 e. The molecule has 0 saturated heterocycles. The lowest BCUT2D eigenvalue weighted by atomic mass is 10.2. The monoisotopic (exact) mass is 439 g/mol. The van der Waals surface area contributed by atoms with Crippen molar-refractivity contribution < 1.29 is 22.7 Å². The zero-order valence-corrected chi connectivity index (χ0v) is 18.5. The predicted molar refractivity (Wildman–Crippen MR) is 111 cm³/mol. The number of hydrogen-bond acceptors (Lipinski definition) is 7. The third kappa shape index (κ3) is 6.09. The molecule has 0 aliphatic heterocycles. The summed E-state index contributed by atoms with van der Waals surface area (Å²) in [5, 5.41) is 2.28. The molecule has 2 aromatic rings. The maximum absolute atomic E-state index is 12.3. The van der Waals surface area contributed by atoms with E-state index in [1.165, 1.54) is 47.4 Å². The highest BCUT2D eigenvalue weighted by Gasteiger charge is 2.18. The lowest BCUT2D eigenvalue weighted by Crippen LogP contribution is -2.32. The third-order valence-corrected chi connectivity index (χ3v) is 6.70. The van der Waals surface area contributed by atoms with Gasteiger partial charge in [0, 0.05) is 24.9 Å². The largest absolute Gasteiger partial charge is 0.456 e. The highest BCUT2D eigenvalue weighted by atomic mass is 32.2. The Kier molecular flexibility index (Phi) is 7.88. The second-order valence-electron chi connectivity index (χ2n) is 6.42. The van der Waals surface area contributed by atoms with Crippen molar-refractivity contribution >= 4 is 38.4 Å². The van der Waals surface area contributed by atoms with E-state index in [0.717, 1.165) is 0 Å². The maximum atomic E-state index is 12.3. The number of hydrogen-bond donors (Lipinski definition) is 1. The average Bonchev–Trinajstić information content (AvgIpc) is 3.14. The van der Waals surface area contributed by atoms with E-state index in [9.17, 15) is 18.0 Å². The van der Waals surface area contributed by atoms with Crippen LogP contribution in [0.3, 0.4) is 0 Å². The highest BCUT2D eigenvalue weighted by molar-refractivity contribution is 7.89. The smallest absolute Gasteiger partial charge is 0.338 e. The minimum absolute atomic E-state index is 0.0413. The van der Waals surface area contributed by atoms with Crippen molar-refractivity contribution in [2.45, 2.75) is 51.7 Å². The van der Waals surface area contributed by atoms with Crippen molar-refractivity contribution in [3.05, 3.63) is 40.9 Å². The van der Waals surface area contributed by atoms with E-state index in [2.05, 4.69) is 9.71 Å². The van der Waals surface area contributed by atoms with E-state index in [0.29, 0.717) is 23.8 Å². The summed E-state index contributed by atoms with van der Waals surface area (Å²) in [5.74, 6) is -0.694. The van der Waals surface area contributed by atoms with Gasteiger partial charge in [-0.3, -0.25) is 9.69 Å². The number of aromatic nitrogens is 1. The van der Waals surface area contributed by atoms with Gasteiger partial charge < -0.3 is 4.74 Å². The molecular formula is C19H25N3O5S2. The normalized spacial score (nSPS) is 12.4. The number of esters is 1. The van der Waals surface area contributed by atoms with E-state index < -0.39 is 16.0 Å². The first-order chi connectivity index (χ1) is 13.7. The van der Waals surface area contributed by atoms with Gasteiger partial charge >= 0.3 is 5.97 Å². The summed E-state index contributed by atoms with van der Waals surface area (Å²) in [7, 11) is -3.63. The van der Waals surface area contributed by atoms with Crippen LogP contribution in [-0.2, 0) is 26.2 Å². The molecule has 1 N–H and O–H groups in total. The minimum atomic E-state index is -3.63. The van der Waals surface area contributed by atoms with E-state index in [1.54, 1.807) is 12.3 Å². The molecule has 8 nitrogen and oxygen atoms in total. The SMILES string of the molecule is CCC(C)NS(=O)(=O)c1ccc(C(=O)OCc2csc(N(CC)C(C)=O)n2)cc1. The highest BCUT2D eigenvalue weighted by Crippen LogP contribution is 2.21. The Balaban J connectivity index is 2.00. The zero-order chi connectivity index (χ0) is 21.6. The van der Waals surface area contributed by atoms with Gasteiger partial charge in [0.15, 0.2) is 5.13 Å². The van der Waals surface area contributed by atoms with Crippen LogP contribution in [0.4, 0.5) is 5.13 Å². The molecule has 29 heavy (non-hydrogen) atoms. The van der Waals surface area contributed by atoms with Crippen molar-refractivity contribution in [1.29, 1.82) is 0 Å². The molecule has 0 saturated carbocycles. The molecule has 1 aromatic carbocycles. The first-order valence-corrected chi connectivity index (χ1v) is 11.6. The molecule has 1 unspecified atom stereocenters. The lowest BCUT2D eigenvalue weighted by Gasteiger charge is -2.14. The van der Waals surface area contributed by atoms with Crippen LogP contribution in [0.25, 0.3) is 0 Å². The molecule has 158 valence electrons. The van der Waals surface area contributed by atoms with E-state index in [1.807, 2.05) is 13.8 Å². The average molecular weight is 440 g/mol. The van der Waals surface area contributed by atoms with Gasteiger partial charge in [-0.05, 0) is 44.5 Å². The second-order valence-corrected chi connectivity index (χ2v) is 8.97. The van der Waals surface area contributed by atoms with Crippen molar-refractivity contribution in [3.63, 3.8) is 0 Å². The van der Waals surface area contributed by atoms with Crippen LogP contribution in [0, 0.1) is 0 Å². The van der Waals surface area contributed by atoms with E-state index >= 15 is 0 Å². The Morgan fingerprint density at radius 3 is 2.45 bits per heavy atom. The molecule has 1 heterocycles. The lowest BCUT2D eigenvalue weighted by molar-refractivity contribution is -0.116. The van der Waals surface area contributed by atoms with Gasteiger partial charge in [-0.15, -0.1) is 11.3 Å². The Bertz CT molecular complexity index is 954. The molecule has 1 atom stereocenters. The van der Waals surface area contributed by atoms with Crippen LogP contribution in [-0.4, -0.2) is 37.9 Å². The number of anilines is 1. The molecular weight excluding hydrogens is 414 g/mol. The van der Waals surface area contributed by atoms with Crippen LogP contribution >= 0.6 is 11.3 Å². The number of carbonyl (C=O) groups excluding carboxylic acids is 2. The first-order valence-electron chi connectivity index (χ1n) is 9.20. The molecule has 0 radical (unpaired) electrons. The Labute approximate surface area is 175 Å². The van der Waals surface area contributed by atoms with Gasteiger partial charge in [-0.1, -0.05) is 6.92 Å². The standard InChI is InChI=1S/C19H25N3O5S2/c1-5-13(3)21-29(25,26)17-9-7-15(8-10-17)18(24)27-11-16-12-28-19(20-16)22(6-2)14(4)23/h7-10,12-13,21H,5-6,11H2,1-4H3. The topological polar surface area (TPSA) is 106 Å². The summed E-state index contributed by atoms with van der Waals surface area (Å²) in [6.45, 7) is 7.45. The Morgan fingerprint density at radius 2 is 1.90 bits per heavy atom. The summed E-state index contributed by atoms with van der Waals surface area (Å²) in [4.78, 5) is 29.7. The van der Waals surface area contributed by atoms with Crippen LogP contribution in [0.5, 0.6) is 0 Å². The molecule has 0 fully saturated rings. The van der Waals surface area contributed by atoms with Crippen molar-refractivity contribution in [3.8, 4) is 0 Å². The van der Waals surface area contributed by atoms with Crippen molar-refractivity contribution in [1.82, 2.24) is 9.71 Å². The van der Waals surface area contributed by atoms with Crippen LogP contribution in [0.2, 0.25) is 0 Å². The quantitative estimate of drug-likeness (QED) is 0.602. The number of carbonyl (C=O) groups is 2. The Morgan fingerprint density at radius 1 is 1.24 bits per heavy atom. The van der Waals surface area contributed by atoms with Crippen LogP contribution in [0.1, 0.15) is 50.2 Å². The summed E-state index contributed by atoms with van der Waals surface area (Å²) in [5.41, 5.74) is 0.775. The van der Waals surface area contributed by atoms with E-state index in [-0.39, 0.29) is 29.0 Å². The van der Waals surface area contributed by atoms with Crippen molar-refractivity contribution in [2.75, 3.05) is 11.4 Å². The molecule has 0 spiro atoms. The fraction of sp³-hybridized carbons (Fsp3) is 0.421. The Hall–Kier alpha value is -2.30. The molecule has 1 amide bonds.